The third-order valence-electron chi connectivity index (χ3n) is 12.6. The maximum Gasteiger partial charge on any atom is 0.407 e. The van der Waals surface area contributed by atoms with Crippen LogP contribution in [0.25, 0.3) is 22.3 Å². The molecule has 2 aliphatic heterocycles. The average Bonchev–Trinajstić information content (AvgIpc) is 3.84. The molecule has 4 aromatic rings. The maximum atomic E-state index is 13.9. The monoisotopic (exact) mass is 899 g/mol. The number of nitrogens with zero attached hydrogens (tertiary/aromatic N) is 4. The number of amides is 3. The maximum absolute atomic E-state index is 13.9. The Kier molecular flexibility index (Phi) is 15.3. The lowest BCUT2D eigenvalue weighted by Crippen LogP contribution is -2.51. The normalized spacial score (nSPS) is 20.2. The highest BCUT2D eigenvalue weighted by Crippen LogP contribution is 2.59. The number of benzene rings is 2. The van der Waals surface area contributed by atoms with Crippen LogP contribution < -0.4 is 5.32 Å². The molecule has 0 unspecified atom stereocenters. The molecule has 16 heteroatoms. The lowest BCUT2D eigenvalue weighted by Gasteiger charge is -2.30. The number of methoxy groups -OCH3 is 1. The predicted molar refractivity (Wildman–Crippen MR) is 252 cm³/mol. The minimum atomic E-state index is -0.714. The van der Waals surface area contributed by atoms with Crippen LogP contribution in [0, 0.1) is 40.4 Å². The summed E-state index contributed by atoms with van der Waals surface area (Å²) < 4.78 is 4.80. The highest BCUT2D eigenvalue weighted by atomic mass is 35.5. The van der Waals surface area contributed by atoms with Crippen molar-refractivity contribution < 1.29 is 19.1 Å². The van der Waals surface area contributed by atoms with E-state index in [2.05, 4.69) is 45.9 Å². The molecule has 8 rings (SSSR count). The van der Waals surface area contributed by atoms with E-state index in [1.165, 1.54) is 20.0 Å². The molecular formula is C43H58ClN7O4S4. The molecule has 59 heavy (non-hydrogen) atoms. The lowest BCUT2D eigenvalue weighted by atomic mass is 9.96. The first-order valence-corrected chi connectivity index (χ1v) is 20.0. The lowest BCUT2D eigenvalue weighted by molar-refractivity contribution is -0.137. The van der Waals surface area contributed by atoms with E-state index in [1.54, 1.807) is 0 Å². The molecule has 3 amide bonds. The molecule has 2 aliphatic carbocycles. The Morgan fingerprint density at radius 1 is 0.780 bits per heavy atom. The minimum absolute atomic E-state index is 0. The van der Waals surface area contributed by atoms with Gasteiger partial charge in [0.2, 0.25) is 11.8 Å². The Balaban J connectivity index is 0.00000192. The number of carbonyl (C=O) groups excluding carboxylic acids is 3. The number of halogens is 1. The van der Waals surface area contributed by atoms with Crippen LogP contribution in [0.1, 0.15) is 108 Å². The van der Waals surface area contributed by atoms with Crippen molar-refractivity contribution in [2.24, 2.45) is 28.6 Å². The first-order valence-electron chi connectivity index (χ1n) is 19.6. The fraction of sp³-hybridized carbons (Fsp3) is 0.512. The summed E-state index contributed by atoms with van der Waals surface area (Å²) in [4.78, 5) is 60.1. The van der Waals surface area contributed by atoms with E-state index in [1.807, 2.05) is 68.1 Å². The van der Waals surface area contributed by atoms with Gasteiger partial charge in [0.15, 0.2) is 0 Å². The highest BCUT2D eigenvalue weighted by molar-refractivity contribution is 7.59. The van der Waals surface area contributed by atoms with Crippen LogP contribution in [0.3, 0.4) is 0 Å². The second kappa shape index (κ2) is 18.7. The third-order valence-corrected chi connectivity index (χ3v) is 12.9. The number of hydrogen-bond donors (Lipinski definition) is 3. The summed E-state index contributed by atoms with van der Waals surface area (Å²) in [7, 11) is 1.30. The fourth-order valence-electron chi connectivity index (χ4n) is 8.41. The van der Waals surface area contributed by atoms with Crippen LogP contribution in [-0.2, 0) is 14.3 Å². The Hall–Kier alpha value is -3.42. The number of aromatic nitrogens is 4. The summed E-state index contributed by atoms with van der Waals surface area (Å²) >= 11 is 6.76. The molecule has 320 valence electrons. The quantitative estimate of drug-likeness (QED) is 0.153. The summed E-state index contributed by atoms with van der Waals surface area (Å²) in [5, 5.41) is 3.14. The minimum Gasteiger partial charge on any atom is -0.453 e. The Labute approximate surface area is 380 Å². The van der Waals surface area contributed by atoms with Gasteiger partial charge >= 0.3 is 6.09 Å². The van der Waals surface area contributed by atoms with E-state index in [4.69, 9.17) is 26.3 Å². The van der Waals surface area contributed by atoms with Gasteiger partial charge in [0.25, 0.3) is 0 Å². The van der Waals surface area contributed by atoms with E-state index in [0.717, 1.165) is 65.8 Å². The van der Waals surface area contributed by atoms with Crippen LogP contribution in [0.5, 0.6) is 0 Å². The zero-order valence-corrected chi connectivity index (χ0v) is 39.2. The van der Waals surface area contributed by atoms with Gasteiger partial charge in [-0.1, -0.05) is 70.2 Å². The van der Waals surface area contributed by atoms with Gasteiger partial charge in [0, 0.05) is 35.7 Å². The van der Waals surface area contributed by atoms with Gasteiger partial charge < -0.3 is 29.8 Å². The number of carbonyl (C=O) groups is 3. The first kappa shape index (κ1) is 48.2. The van der Waals surface area contributed by atoms with Crippen molar-refractivity contribution in [3.8, 4) is 23.1 Å². The number of imidazole rings is 2. The smallest absolute Gasteiger partial charge is 0.407 e. The van der Waals surface area contributed by atoms with Crippen molar-refractivity contribution in [3.05, 3.63) is 70.4 Å². The van der Waals surface area contributed by atoms with Crippen molar-refractivity contribution in [1.29, 1.82) is 0 Å². The number of ether oxygens (including phenoxy) is 1. The number of rotatable bonds is 8. The molecular weight excluding hydrogens is 842 g/mol. The first-order chi connectivity index (χ1) is 26.3. The van der Waals surface area contributed by atoms with Crippen molar-refractivity contribution >= 4 is 94.5 Å². The second-order valence-electron chi connectivity index (χ2n) is 17.2. The van der Waals surface area contributed by atoms with Gasteiger partial charge in [-0.15, -0.1) is 0 Å². The van der Waals surface area contributed by atoms with Crippen LogP contribution in [0.15, 0.2) is 42.5 Å². The van der Waals surface area contributed by atoms with Crippen molar-refractivity contribution in [3.63, 3.8) is 0 Å². The van der Waals surface area contributed by atoms with Gasteiger partial charge in [0.05, 0.1) is 30.2 Å². The van der Waals surface area contributed by atoms with Crippen LogP contribution in [0.4, 0.5) is 4.79 Å². The summed E-state index contributed by atoms with van der Waals surface area (Å²) in [6, 6.07) is 12.8. The number of alkyl carbamates (subject to hydrolysis) is 1. The second-order valence-corrected chi connectivity index (χ2v) is 17.6. The molecule has 2 aromatic carbocycles. The van der Waals surface area contributed by atoms with Crippen LogP contribution >= 0.6 is 65.6 Å². The molecule has 11 nitrogen and oxygen atoms in total. The molecule has 2 saturated carbocycles. The van der Waals surface area contributed by atoms with E-state index in [0.29, 0.717) is 23.2 Å². The molecule has 3 N–H and O–H groups in total. The summed E-state index contributed by atoms with van der Waals surface area (Å²) in [6.45, 7) is 11.5. The van der Waals surface area contributed by atoms with Crippen LogP contribution in [-0.4, -0.2) is 73.9 Å². The molecule has 4 heterocycles. The molecule has 0 bridgehead atoms. The fourth-order valence-corrected chi connectivity index (χ4v) is 8.65. The summed E-state index contributed by atoms with van der Waals surface area (Å²) in [5.41, 5.74) is 5.28. The van der Waals surface area contributed by atoms with E-state index in [9.17, 15) is 14.4 Å². The van der Waals surface area contributed by atoms with Crippen molar-refractivity contribution in [1.82, 2.24) is 35.1 Å². The molecule has 4 fully saturated rings. The Morgan fingerprint density at radius 2 is 1.32 bits per heavy atom. The van der Waals surface area contributed by atoms with E-state index >= 15 is 0 Å². The third kappa shape index (κ3) is 9.72. The largest absolute Gasteiger partial charge is 0.453 e. The standard InChI is InChI=1S/C43H50ClN7O4.4H2S/c1-24(2)26(5)39(52)50-22-42(15-16-42)20-32(50)37-45-30-14-11-28(19-31(30)46-37)8-7-27-9-12-29(13-10-27)35-36(44)49-38(47-35)33-21-43(17-18-43)23-51(33)40(53)34(25(3)4)48-41(54)55-6;;;;/h9-14,19,24-26,32-34H,15-18,20-23H2,1-6H3,(H,45,46)(H,47,49)(H,48,54);4*1H2/t26-,32-,33-,34-;;;;/m0..../s1. The topological polar surface area (TPSA) is 136 Å². The highest BCUT2D eigenvalue weighted by Gasteiger charge is 2.56. The SMILES string of the molecule is COC(=O)N[C@H](C(=O)N1CC2(CC2)C[C@H]1c1nc(-c2ccc(C#Cc3ccc4nc([C@@H]5CC6(CC6)CN5C(=O)[C@@H](C)C(C)C)[nH]c4c3)cc2)c(Cl)[nH]1)C(C)C.S.S.S.S. The molecule has 4 atom stereocenters. The van der Waals surface area contributed by atoms with Gasteiger partial charge in [-0.25, -0.2) is 14.8 Å². The van der Waals surface area contributed by atoms with E-state index in [-0.39, 0.29) is 106 Å². The molecule has 0 radical (unpaired) electrons. The number of nitrogens with one attached hydrogen (secondary N) is 3. The van der Waals surface area contributed by atoms with E-state index < -0.39 is 12.1 Å². The van der Waals surface area contributed by atoms with Crippen molar-refractivity contribution in [2.45, 2.75) is 91.3 Å². The molecule has 4 aliphatic rings. The van der Waals surface area contributed by atoms with Gasteiger partial charge in [0.1, 0.15) is 28.5 Å². The van der Waals surface area contributed by atoms with Crippen molar-refractivity contribution in [2.75, 3.05) is 20.2 Å². The van der Waals surface area contributed by atoms with Gasteiger partial charge in [-0.3, -0.25) is 9.59 Å². The van der Waals surface area contributed by atoms with Gasteiger partial charge in [-0.2, -0.15) is 54.0 Å². The molecule has 2 saturated heterocycles. The predicted octanol–water partition coefficient (Wildman–Crippen LogP) is 8.24. The number of fused-ring (bicyclic) bond motifs is 1. The Bertz CT molecular complexity index is 2230. The molecule has 2 aromatic heterocycles. The number of hydrogen-bond acceptors (Lipinski definition) is 6. The van der Waals surface area contributed by atoms with Gasteiger partial charge in [-0.05, 0) is 91.5 Å². The number of aromatic amines is 2. The summed E-state index contributed by atoms with van der Waals surface area (Å²) in [6.07, 6.45) is 5.61. The molecule has 2 spiro atoms. The number of H-pyrrole nitrogens is 2. The zero-order valence-electron chi connectivity index (χ0n) is 34.5. The zero-order chi connectivity index (χ0) is 38.8. The Morgan fingerprint density at radius 3 is 1.86 bits per heavy atom. The summed E-state index contributed by atoms with van der Waals surface area (Å²) in [5.74, 6) is 8.31. The number of likely N-dealkylation sites (tertiary alicyclic amines) is 2. The average molecular weight is 901 g/mol. The van der Waals surface area contributed by atoms with Crippen LogP contribution in [0.2, 0.25) is 5.15 Å².